The average molecular weight is 296 g/mol. The van der Waals surface area contributed by atoms with Gasteiger partial charge in [-0.2, -0.15) is 5.10 Å². The van der Waals surface area contributed by atoms with Crippen LogP contribution in [0, 0.1) is 0 Å². The fourth-order valence-corrected chi connectivity index (χ4v) is 2.83. The van der Waals surface area contributed by atoms with Crippen molar-refractivity contribution < 1.29 is 4.79 Å². The summed E-state index contributed by atoms with van der Waals surface area (Å²) in [5, 5.41) is 10.3. The minimum absolute atomic E-state index is 0.00134. The highest BCUT2D eigenvalue weighted by atomic mass is 35.5. The van der Waals surface area contributed by atoms with Crippen molar-refractivity contribution in [2.45, 2.75) is 6.54 Å². The summed E-state index contributed by atoms with van der Waals surface area (Å²) in [4.78, 5) is 14.3. The minimum atomic E-state index is -0.00134. The Morgan fingerprint density at radius 2 is 1.81 bits per heavy atom. The Morgan fingerprint density at radius 1 is 1.00 bits per heavy atom. The van der Waals surface area contributed by atoms with Gasteiger partial charge in [0, 0.05) is 10.9 Å². The van der Waals surface area contributed by atoms with Gasteiger partial charge in [-0.25, -0.2) is 0 Å². The molecule has 1 amide bonds. The van der Waals surface area contributed by atoms with Gasteiger partial charge in [0.05, 0.1) is 17.9 Å². The topological polar surface area (TPSA) is 46.1 Å². The molecule has 4 rings (SSSR count). The molecule has 0 radical (unpaired) electrons. The summed E-state index contributed by atoms with van der Waals surface area (Å²) in [6.45, 7) is 0.386. The SMILES string of the molecule is O=C1c2cccc3cccc(c23)N1Cc1ccc(Cl)nn1. The van der Waals surface area contributed by atoms with Gasteiger partial charge >= 0.3 is 0 Å². The molecule has 4 nitrogen and oxygen atoms in total. The van der Waals surface area contributed by atoms with Crippen LogP contribution in [0.1, 0.15) is 16.1 Å². The molecule has 102 valence electrons. The van der Waals surface area contributed by atoms with Crippen LogP contribution in [0.25, 0.3) is 10.8 Å². The van der Waals surface area contributed by atoms with Crippen LogP contribution in [-0.2, 0) is 6.54 Å². The molecule has 5 heteroatoms. The van der Waals surface area contributed by atoms with Crippen LogP contribution in [0.3, 0.4) is 0 Å². The zero-order valence-corrected chi connectivity index (χ0v) is 11.7. The lowest BCUT2D eigenvalue weighted by molar-refractivity contribution is 0.0991. The number of anilines is 1. The van der Waals surface area contributed by atoms with Gasteiger partial charge in [0.25, 0.3) is 5.91 Å². The molecule has 1 aromatic heterocycles. The van der Waals surface area contributed by atoms with Crippen molar-refractivity contribution in [3.05, 3.63) is 64.9 Å². The zero-order valence-electron chi connectivity index (χ0n) is 11.0. The van der Waals surface area contributed by atoms with E-state index in [1.165, 1.54) is 0 Å². The highest BCUT2D eigenvalue weighted by molar-refractivity contribution is 6.29. The van der Waals surface area contributed by atoms with E-state index < -0.39 is 0 Å². The fraction of sp³-hybridized carbons (Fsp3) is 0.0625. The summed E-state index contributed by atoms with van der Waals surface area (Å²) < 4.78 is 0. The Kier molecular flexibility index (Phi) is 2.65. The van der Waals surface area contributed by atoms with Gasteiger partial charge in [-0.3, -0.25) is 4.79 Å². The van der Waals surface area contributed by atoms with Crippen molar-refractivity contribution in [2.75, 3.05) is 4.90 Å². The molecule has 21 heavy (non-hydrogen) atoms. The number of rotatable bonds is 2. The molecule has 1 aliphatic heterocycles. The number of hydrogen-bond acceptors (Lipinski definition) is 3. The van der Waals surface area contributed by atoms with Crippen LogP contribution in [-0.4, -0.2) is 16.1 Å². The lowest BCUT2D eigenvalue weighted by atomic mass is 10.1. The predicted octanol–water partition coefficient (Wildman–Crippen LogP) is 3.44. The van der Waals surface area contributed by atoms with Crippen molar-refractivity contribution in [1.82, 2.24) is 10.2 Å². The van der Waals surface area contributed by atoms with Gasteiger partial charge in [0.15, 0.2) is 5.15 Å². The second-order valence-electron chi connectivity index (χ2n) is 4.92. The maximum Gasteiger partial charge on any atom is 0.259 e. The lowest BCUT2D eigenvalue weighted by Crippen LogP contribution is -2.26. The van der Waals surface area contributed by atoms with E-state index in [4.69, 9.17) is 11.6 Å². The third-order valence-electron chi connectivity index (χ3n) is 3.66. The number of carbonyl (C=O) groups excluding carboxylic acids is 1. The largest absolute Gasteiger partial charge is 0.302 e. The zero-order chi connectivity index (χ0) is 14.4. The third kappa shape index (κ3) is 1.87. The lowest BCUT2D eigenvalue weighted by Gasteiger charge is -2.16. The van der Waals surface area contributed by atoms with Crippen LogP contribution < -0.4 is 4.90 Å². The van der Waals surface area contributed by atoms with E-state index in [-0.39, 0.29) is 5.91 Å². The van der Waals surface area contributed by atoms with E-state index >= 15 is 0 Å². The Bertz CT molecular complexity index is 856. The van der Waals surface area contributed by atoms with Gasteiger partial charge < -0.3 is 4.90 Å². The van der Waals surface area contributed by atoms with E-state index in [0.29, 0.717) is 17.4 Å². The summed E-state index contributed by atoms with van der Waals surface area (Å²) in [7, 11) is 0. The number of carbonyl (C=O) groups is 1. The summed E-state index contributed by atoms with van der Waals surface area (Å²) in [5.74, 6) is -0.00134. The first-order valence-corrected chi connectivity index (χ1v) is 6.93. The fourth-order valence-electron chi connectivity index (χ4n) is 2.73. The van der Waals surface area contributed by atoms with E-state index in [9.17, 15) is 4.79 Å². The number of benzene rings is 2. The number of hydrogen-bond donors (Lipinski definition) is 0. The molecule has 2 aromatic carbocycles. The maximum absolute atomic E-state index is 12.6. The maximum atomic E-state index is 12.6. The highest BCUT2D eigenvalue weighted by Gasteiger charge is 2.29. The normalized spacial score (nSPS) is 13.2. The summed E-state index contributed by atoms with van der Waals surface area (Å²) in [6.07, 6.45) is 0. The first-order valence-electron chi connectivity index (χ1n) is 6.56. The number of amides is 1. The Morgan fingerprint density at radius 3 is 2.57 bits per heavy atom. The standard InChI is InChI=1S/C16H10ClN3O/c17-14-8-7-11(18-19-14)9-20-13-6-2-4-10-3-1-5-12(15(10)13)16(20)21/h1-8H,9H2. The number of nitrogens with zero attached hydrogens (tertiary/aromatic N) is 3. The van der Waals surface area contributed by atoms with Gasteiger partial charge in [0.2, 0.25) is 0 Å². The molecule has 0 atom stereocenters. The quantitative estimate of drug-likeness (QED) is 0.727. The van der Waals surface area contributed by atoms with Crippen LogP contribution in [0.4, 0.5) is 5.69 Å². The summed E-state index contributed by atoms with van der Waals surface area (Å²) >= 11 is 5.74. The van der Waals surface area contributed by atoms with Crippen molar-refractivity contribution in [2.24, 2.45) is 0 Å². The minimum Gasteiger partial charge on any atom is -0.302 e. The molecule has 0 aliphatic carbocycles. The van der Waals surface area contributed by atoms with Crippen molar-refractivity contribution in [1.29, 1.82) is 0 Å². The predicted molar refractivity (Wildman–Crippen MR) is 81.5 cm³/mol. The summed E-state index contributed by atoms with van der Waals surface area (Å²) in [6, 6.07) is 15.2. The molecule has 2 heterocycles. The molecule has 1 aliphatic rings. The van der Waals surface area contributed by atoms with Crippen molar-refractivity contribution in [3.8, 4) is 0 Å². The van der Waals surface area contributed by atoms with Crippen molar-refractivity contribution >= 4 is 34.0 Å². The van der Waals surface area contributed by atoms with Crippen LogP contribution in [0.5, 0.6) is 0 Å². The second-order valence-corrected chi connectivity index (χ2v) is 5.31. The highest BCUT2D eigenvalue weighted by Crippen LogP contribution is 2.37. The smallest absolute Gasteiger partial charge is 0.259 e. The van der Waals surface area contributed by atoms with E-state index in [2.05, 4.69) is 10.2 Å². The Labute approximate surface area is 126 Å². The Hall–Kier alpha value is -2.46. The van der Waals surface area contributed by atoms with Gasteiger partial charge in [-0.05, 0) is 29.7 Å². The molecule has 0 saturated heterocycles. The number of halogens is 1. The van der Waals surface area contributed by atoms with Crippen molar-refractivity contribution in [3.63, 3.8) is 0 Å². The molecule has 0 bridgehead atoms. The molecule has 0 fully saturated rings. The van der Waals surface area contributed by atoms with E-state index in [1.54, 1.807) is 17.0 Å². The molecule has 0 spiro atoms. The third-order valence-corrected chi connectivity index (χ3v) is 3.86. The first kappa shape index (κ1) is 12.3. The van der Waals surface area contributed by atoms with E-state index in [0.717, 1.165) is 22.0 Å². The molecule has 0 saturated carbocycles. The molecule has 0 N–H and O–H groups in total. The van der Waals surface area contributed by atoms with Crippen LogP contribution in [0.2, 0.25) is 5.15 Å². The van der Waals surface area contributed by atoms with Gasteiger partial charge in [0.1, 0.15) is 0 Å². The molecular formula is C16H10ClN3O. The second kappa shape index (κ2) is 4.53. The van der Waals surface area contributed by atoms with E-state index in [1.807, 2.05) is 36.4 Å². The molecular weight excluding hydrogens is 286 g/mol. The monoisotopic (exact) mass is 295 g/mol. The average Bonchev–Trinajstić information content (AvgIpc) is 2.78. The van der Waals surface area contributed by atoms with Crippen LogP contribution >= 0.6 is 11.6 Å². The first-order chi connectivity index (χ1) is 10.2. The molecule has 0 unspecified atom stereocenters. The Balaban J connectivity index is 1.80. The van der Waals surface area contributed by atoms with Crippen LogP contribution in [0.15, 0.2) is 48.5 Å². The number of aromatic nitrogens is 2. The summed E-state index contributed by atoms with van der Waals surface area (Å²) in [5.41, 5.74) is 2.37. The van der Waals surface area contributed by atoms with Gasteiger partial charge in [-0.1, -0.05) is 35.9 Å². The molecule has 3 aromatic rings. The van der Waals surface area contributed by atoms with Gasteiger partial charge in [-0.15, -0.1) is 5.10 Å².